The number of hydrogen-bond donors (Lipinski definition) is 1. The van der Waals surface area contributed by atoms with Crippen molar-refractivity contribution in [3.05, 3.63) is 89.3 Å². The number of fused-ring (bicyclic) bond motifs is 1. The van der Waals surface area contributed by atoms with Crippen molar-refractivity contribution in [3.63, 3.8) is 0 Å². The maximum Gasteiger partial charge on any atom is 0.252 e. The van der Waals surface area contributed by atoms with Gasteiger partial charge in [0, 0.05) is 11.4 Å². The molecule has 4 rings (SSSR count). The molecule has 4 aromatic rings. The minimum Gasteiger partial charge on any atom is -0.350 e. The summed E-state index contributed by atoms with van der Waals surface area (Å²) >= 11 is 1.63. The van der Waals surface area contributed by atoms with Crippen LogP contribution in [0.3, 0.4) is 0 Å². The number of nitrogens with zero attached hydrogens (tertiary/aromatic N) is 1. The second-order valence-electron chi connectivity index (χ2n) is 6.95. The van der Waals surface area contributed by atoms with Gasteiger partial charge in [-0.05, 0) is 48.9 Å². The normalized spacial score (nSPS) is 12.0. The Kier molecular flexibility index (Phi) is 5.49. The summed E-state index contributed by atoms with van der Waals surface area (Å²) in [6, 6.07) is 24.2. The zero-order valence-electron chi connectivity index (χ0n) is 15.8. The van der Waals surface area contributed by atoms with Crippen LogP contribution in [0.25, 0.3) is 21.5 Å². The maximum atomic E-state index is 13.1. The van der Waals surface area contributed by atoms with E-state index in [0.717, 1.165) is 34.3 Å². The zero-order chi connectivity index (χ0) is 19.3. The first kappa shape index (κ1) is 18.4. The van der Waals surface area contributed by atoms with Gasteiger partial charge >= 0.3 is 0 Å². The van der Waals surface area contributed by atoms with Gasteiger partial charge in [0.25, 0.3) is 5.91 Å². The van der Waals surface area contributed by atoms with Crippen molar-refractivity contribution < 1.29 is 4.79 Å². The van der Waals surface area contributed by atoms with Gasteiger partial charge in [-0.1, -0.05) is 54.6 Å². The van der Waals surface area contributed by atoms with Gasteiger partial charge in [-0.2, -0.15) is 0 Å². The van der Waals surface area contributed by atoms with Crippen LogP contribution >= 0.6 is 11.3 Å². The molecule has 2 heterocycles. The van der Waals surface area contributed by atoms with Crippen LogP contribution in [0, 0.1) is 0 Å². The van der Waals surface area contributed by atoms with Gasteiger partial charge < -0.3 is 5.32 Å². The number of rotatable bonds is 6. The van der Waals surface area contributed by atoms with Crippen molar-refractivity contribution in [3.8, 4) is 10.6 Å². The number of nitrogens with one attached hydrogen (secondary N) is 1. The molecule has 4 heteroatoms. The quantitative estimate of drug-likeness (QED) is 0.461. The van der Waals surface area contributed by atoms with Crippen molar-refractivity contribution in [2.75, 3.05) is 0 Å². The van der Waals surface area contributed by atoms with Crippen LogP contribution in [0.4, 0.5) is 0 Å². The number of carbonyl (C=O) groups excluding carboxylic acids is 1. The molecule has 28 heavy (non-hydrogen) atoms. The molecule has 3 nitrogen and oxygen atoms in total. The lowest BCUT2D eigenvalue weighted by Crippen LogP contribution is -2.33. The molecule has 0 fully saturated rings. The molecule has 0 aliphatic heterocycles. The van der Waals surface area contributed by atoms with E-state index in [1.807, 2.05) is 66.0 Å². The second-order valence-corrected chi connectivity index (χ2v) is 7.90. The second kappa shape index (κ2) is 8.36. The third-order valence-electron chi connectivity index (χ3n) is 4.82. The SMILES string of the molecule is CC(CCc1ccccc1)NC(=O)c1cc(-c2cccs2)nc2ccccc12. The molecule has 1 N–H and O–H groups in total. The van der Waals surface area contributed by atoms with E-state index in [1.54, 1.807) is 11.3 Å². The lowest BCUT2D eigenvalue weighted by molar-refractivity contribution is 0.0940. The van der Waals surface area contributed by atoms with Crippen LogP contribution in [0.2, 0.25) is 0 Å². The molecule has 0 saturated carbocycles. The highest BCUT2D eigenvalue weighted by atomic mass is 32.1. The molecule has 1 amide bonds. The molecule has 0 aliphatic carbocycles. The third-order valence-corrected chi connectivity index (χ3v) is 5.71. The maximum absolute atomic E-state index is 13.1. The van der Waals surface area contributed by atoms with Crippen molar-refractivity contribution >= 4 is 28.1 Å². The monoisotopic (exact) mass is 386 g/mol. The molecule has 0 bridgehead atoms. The highest BCUT2D eigenvalue weighted by Crippen LogP contribution is 2.28. The predicted octanol–water partition coefficient (Wildman–Crippen LogP) is 5.71. The van der Waals surface area contributed by atoms with E-state index in [-0.39, 0.29) is 11.9 Å². The fourth-order valence-corrected chi connectivity index (χ4v) is 4.00. The Morgan fingerprint density at radius 1 is 1.04 bits per heavy atom. The fraction of sp³-hybridized carbons (Fsp3) is 0.167. The van der Waals surface area contributed by atoms with Gasteiger partial charge in [0.2, 0.25) is 0 Å². The number of thiophene rings is 1. The Balaban J connectivity index is 1.56. The first-order valence-electron chi connectivity index (χ1n) is 9.49. The van der Waals surface area contributed by atoms with E-state index in [2.05, 4.69) is 24.4 Å². The van der Waals surface area contributed by atoms with Gasteiger partial charge in [-0.25, -0.2) is 4.98 Å². The smallest absolute Gasteiger partial charge is 0.252 e. The molecule has 0 radical (unpaired) electrons. The zero-order valence-corrected chi connectivity index (χ0v) is 16.6. The van der Waals surface area contributed by atoms with Gasteiger partial charge in [-0.3, -0.25) is 4.79 Å². The van der Waals surface area contributed by atoms with Crippen molar-refractivity contribution in [1.29, 1.82) is 0 Å². The summed E-state index contributed by atoms with van der Waals surface area (Å²) in [7, 11) is 0. The number of aryl methyl sites for hydroxylation is 1. The first-order chi connectivity index (χ1) is 13.7. The number of aromatic nitrogens is 1. The van der Waals surface area contributed by atoms with Gasteiger partial charge in [0.1, 0.15) is 0 Å². The summed E-state index contributed by atoms with van der Waals surface area (Å²) in [5.41, 5.74) is 3.66. The Labute approximate surface area is 169 Å². The summed E-state index contributed by atoms with van der Waals surface area (Å²) in [5.74, 6) is -0.0445. The highest BCUT2D eigenvalue weighted by molar-refractivity contribution is 7.13. The number of benzene rings is 2. The first-order valence-corrected chi connectivity index (χ1v) is 10.4. The fourth-order valence-electron chi connectivity index (χ4n) is 3.32. The predicted molar refractivity (Wildman–Crippen MR) is 117 cm³/mol. The number of pyridine rings is 1. The summed E-state index contributed by atoms with van der Waals surface area (Å²) < 4.78 is 0. The standard InChI is InChI=1S/C24H22N2OS/c1-17(13-14-18-8-3-2-4-9-18)25-24(27)20-16-22(23-12-7-15-28-23)26-21-11-6-5-10-19(20)21/h2-12,15-17H,13-14H2,1H3,(H,25,27). The molecule has 0 saturated heterocycles. The summed E-state index contributed by atoms with van der Waals surface area (Å²) in [4.78, 5) is 18.9. The highest BCUT2D eigenvalue weighted by Gasteiger charge is 2.16. The Bertz CT molecular complexity index is 1070. The van der Waals surface area contributed by atoms with Crippen LogP contribution in [0.1, 0.15) is 29.3 Å². The van der Waals surface area contributed by atoms with Crippen molar-refractivity contribution in [2.24, 2.45) is 0 Å². The summed E-state index contributed by atoms with van der Waals surface area (Å²) in [6.07, 6.45) is 1.84. The van der Waals surface area contributed by atoms with Crippen LogP contribution in [0.15, 0.2) is 78.2 Å². The van der Waals surface area contributed by atoms with Crippen molar-refractivity contribution in [2.45, 2.75) is 25.8 Å². The van der Waals surface area contributed by atoms with Gasteiger partial charge in [-0.15, -0.1) is 11.3 Å². The molecule has 0 aliphatic rings. The molecule has 1 atom stereocenters. The van der Waals surface area contributed by atoms with Crippen molar-refractivity contribution in [1.82, 2.24) is 10.3 Å². The number of hydrogen-bond acceptors (Lipinski definition) is 3. The van der Waals surface area contributed by atoms with E-state index >= 15 is 0 Å². The molecular weight excluding hydrogens is 364 g/mol. The average Bonchev–Trinajstić information content (AvgIpc) is 3.27. The Morgan fingerprint density at radius 3 is 2.61 bits per heavy atom. The molecule has 2 aromatic carbocycles. The van der Waals surface area contributed by atoms with Crippen LogP contribution < -0.4 is 5.32 Å². The number of para-hydroxylation sites is 1. The van der Waals surface area contributed by atoms with Gasteiger partial charge in [0.05, 0.1) is 21.7 Å². The summed E-state index contributed by atoms with van der Waals surface area (Å²) in [6.45, 7) is 2.06. The Hall–Kier alpha value is -2.98. The largest absolute Gasteiger partial charge is 0.350 e. The lowest BCUT2D eigenvalue weighted by Gasteiger charge is -2.15. The van der Waals surface area contributed by atoms with E-state index < -0.39 is 0 Å². The molecule has 1 unspecified atom stereocenters. The molecular formula is C24H22N2OS. The van der Waals surface area contributed by atoms with E-state index in [1.165, 1.54) is 5.56 Å². The number of amides is 1. The van der Waals surface area contributed by atoms with Crippen LogP contribution in [-0.4, -0.2) is 16.9 Å². The molecule has 140 valence electrons. The average molecular weight is 387 g/mol. The van der Waals surface area contributed by atoms with E-state index in [4.69, 9.17) is 4.98 Å². The Morgan fingerprint density at radius 2 is 1.82 bits per heavy atom. The van der Waals surface area contributed by atoms with E-state index in [0.29, 0.717) is 5.56 Å². The van der Waals surface area contributed by atoms with Gasteiger partial charge in [0.15, 0.2) is 0 Å². The third kappa shape index (κ3) is 4.12. The number of carbonyl (C=O) groups is 1. The lowest BCUT2D eigenvalue weighted by atomic mass is 10.0. The minimum atomic E-state index is -0.0445. The summed E-state index contributed by atoms with van der Waals surface area (Å²) in [5, 5.41) is 6.08. The van der Waals surface area contributed by atoms with Crippen LogP contribution in [-0.2, 0) is 6.42 Å². The van der Waals surface area contributed by atoms with Crippen LogP contribution in [0.5, 0.6) is 0 Å². The molecule has 2 aromatic heterocycles. The minimum absolute atomic E-state index is 0.0445. The van der Waals surface area contributed by atoms with E-state index in [9.17, 15) is 4.79 Å². The topological polar surface area (TPSA) is 42.0 Å². The molecule has 0 spiro atoms.